The maximum absolute atomic E-state index is 11.8. The van der Waals surface area contributed by atoms with E-state index in [1.165, 1.54) is 0 Å². The normalized spacial score (nSPS) is 17.0. The Morgan fingerprint density at radius 2 is 1.90 bits per heavy atom. The number of amides is 2. The zero-order chi connectivity index (χ0) is 14.4. The molecule has 1 fully saturated rings. The van der Waals surface area contributed by atoms with Crippen molar-refractivity contribution in [2.24, 2.45) is 0 Å². The Bertz CT molecular complexity index is 499. The first-order chi connectivity index (χ1) is 9.61. The van der Waals surface area contributed by atoms with Crippen LogP contribution in [0.3, 0.4) is 0 Å². The summed E-state index contributed by atoms with van der Waals surface area (Å²) in [5, 5.41) is 24.4. The van der Waals surface area contributed by atoms with Crippen molar-refractivity contribution in [3.05, 3.63) is 29.8 Å². The van der Waals surface area contributed by atoms with E-state index in [1.807, 2.05) is 6.07 Å². The van der Waals surface area contributed by atoms with Gasteiger partial charge in [0.2, 0.25) is 0 Å². The maximum Gasteiger partial charge on any atom is 0.319 e. The molecule has 5 nitrogen and oxygen atoms in total. The Morgan fingerprint density at radius 1 is 1.25 bits per heavy atom. The molecule has 1 aliphatic carbocycles. The summed E-state index contributed by atoms with van der Waals surface area (Å²) < 4.78 is 0. The lowest BCUT2D eigenvalue weighted by Gasteiger charge is -2.32. The molecule has 2 rings (SSSR count). The van der Waals surface area contributed by atoms with Crippen LogP contribution in [0.15, 0.2) is 24.3 Å². The number of carbonyl (C=O) groups is 1. The minimum Gasteiger partial charge on any atom is -0.388 e. The van der Waals surface area contributed by atoms with Crippen LogP contribution >= 0.6 is 0 Å². The number of carbonyl (C=O) groups excluding carboxylic acids is 1. The fraction of sp³-hybridized carbons (Fsp3) is 0.467. The average Bonchev–Trinajstić information content (AvgIpc) is 2.47. The first kappa shape index (κ1) is 14.4. The van der Waals surface area contributed by atoms with Crippen molar-refractivity contribution in [2.75, 3.05) is 11.9 Å². The number of hydrogen-bond acceptors (Lipinski definition) is 3. The minimum atomic E-state index is -0.764. The number of benzene rings is 1. The van der Waals surface area contributed by atoms with Gasteiger partial charge >= 0.3 is 6.03 Å². The van der Waals surface area contributed by atoms with Gasteiger partial charge in [0.25, 0.3) is 0 Å². The van der Waals surface area contributed by atoms with Crippen LogP contribution in [0, 0.1) is 11.3 Å². The number of urea groups is 1. The molecule has 1 aromatic carbocycles. The molecule has 0 radical (unpaired) electrons. The number of nitrogens with zero attached hydrogens (tertiary/aromatic N) is 1. The number of nitriles is 1. The van der Waals surface area contributed by atoms with Gasteiger partial charge in [-0.3, -0.25) is 0 Å². The number of anilines is 1. The lowest BCUT2D eigenvalue weighted by molar-refractivity contribution is 0.00755. The standard InChI is InChI=1S/C15H19N3O2/c16-10-12-4-6-13(7-5-12)18-14(19)17-11-15(20)8-2-1-3-9-15/h4-7,20H,1-3,8-9,11H2,(H2,17,18,19). The number of nitrogens with one attached hydrogen (secondary N) is 2. The Labute approximate surface area is 118 Å². The average molecular weight is 273 g/mol. The monoisotopic (exact) mass is 273 g/mol. The zero-order valence-corrected chi connectivity index (χ0v) is 11.4. The van der Waals surface area contributed by atoms with E-state index < -0.39 is 5.60 Å². The van der Waals surface area contributed by atoms with E-state index in [4.69, 9.17) is 5.26 Å². The van der Waals surface area contributed by atoms with Gasteiger partial charge in [-0.1, -0.05) is 19.3 Å². The van der Waals surface area contributed by atoms with Crippen molar-refractivity contribution in [1.29, 1.82) is 5.26 Å². The van der Waals surface area contributed by atoms with Gasteiger partial charge in [0.1, 0.15) is 0 Å². The molecule has 0 aromatic heterocycles. The smallest absolute Gasteiger partial charge is 0.319 e. The van der Waals surface area contributed by atoms with E-state index in [1.54, 1.807) is 24.3 Å². The number of rotatable bonds is 3. The second-order valence-electron chi connectivity index (χ2n) is 5.28. The molecule has 5 heteroatoms. The molecular formula is C15H19N3O2. The molecule has 1 aromatic rings. The first-order valence-electron chi connectivity index (χ1n) is 6.89. The quantitative estimate of drug-likeness (QED) is 0.790. The largest absolute Gasteiger partial charge is 0.388 e. The van der Waals surface area contributed by atoms with Gasteiger partial charge in [-0.05, 0) is 37.1 Å². The summed E-state index contributed by atoms with van der Waals surface area (Å²) in [6, 6.07) is 8.31. The van der Waals surface area contributed by atoms with Gasteiger partial charge in [0.15, 0.2) is 0 Å². The Kier molecular flexibility index (Phi) is 4.59. The van der Waals surface area contributed by atoms with Crippen LogP contribution in [0.4, 0.5) is 10.5 Å². The van der Waals surface area contributed by atoms with Gasteiger partial charge in [0, 0.05) is 12.2 Å². The lowest BCUT2D eigenvalue weighted by atomic mass is 9.85. The third kappa shape index (κ3) is 3.97. The van der Waals surface area contributed by atoms with E-state index in [0.29, 0.717) is 11.3 Å². The number of aliphatic hydroxyl groups is 1. The summed E-state index contributed by atoms with van der Waals surface area (Å²) in [5.74, 6) is 0. The highest BCUT2D eigenvalue weighted by Crippen LogP contribution is 2.27. The lowest BCUT2D eigenvalue weighted by Crippen LogP contribution is -2.45. The van der Waals surface area contributed by atoms with Crippen molar-refractivity contribution in [3.8, 4) is 6.07 Å². The fourth-order valence-corrected chi connectivity index (χ4v) is 2.43. The fourth-order valence-electron chi connectivity index (χ4n) is 2.43. The van der Waals surface area contributed by atoms with Crippen LogP contribution in [0.25, 0.3) is 0 Å². The van der Waals surface area contributed by atoms with E-state index in [2.05, 4.69) is 10.6 Å². The highest BCUT2D eigenvalue weighted by atomic mass is 16.3. The third-order valence-electron chi connectivity index (χ3n) is 3.63. The highest BCUT2D eigenvalue weighted by molar-refractivity contribution is 5.89. The Morgan fingerprint density at radius 3 is 2.50 bits per heavy atom. The zero-order valence-electron chi connectivity index (χ0n) is 11.4. The van der Waals surface area contributed by atoms with E-state index >= 15 is 0 Å². The summed E-state index contributed by atoms with van der Waals surface area (Å²) in [5.41, 5.74) is 0.407. The van der Waals surface area contributed by atoms with Crippen LogP contribution in [0.2, 0.25) is 0 Å². The van der Waals surface area contributed by atoms with Crippen molar-refractivity contribution >= 4 is 11.7 Å². The Balaban J connectivity index is 1.81. The van der Waals surface area contributed by atoms with Crippen molar-refractivity contribution < 1.29 is 9.90 Å². The van der Waals surface area contributed by atoms with Crippen molar-refractivity contribution in [3.63, 3.8) is 0 Å². The van der Waals surface area contributed by atoms with Gasteiger partial charge in [-0.2, -0.15) is 5.26 Å². The molecule has 0 unspecified atom stereocenters. The van der Waals surface area contributed by atoms with E-state index in [9.17, 15) is 9.90 Å². The highest BCUT2D eigenvalue weighted by Gasteiger charge is 2.29. The molecule has 0 spiro atoms. The molecule has 2 amide bonds. The van der Waals surface area contributed by atoms with Crippen LogP contribution in [-0.4, -0.2) is 23.3 Å². The van der Waals surface area contributed by atoms with Crippen LogP contribution in [-0.2, 0) is 0 Å². The molecule has 20 heavy (non-hydrogen) atoms. The topological polar surface area (TPSA) is 85.2 Å². The first-order valence-corrected chi connectivity index (χ1v) is 6.89. The molecule has 0 bridgehead atoms. The molecule has 3 N–H and O–H groups in total. The van der Waals surface area contributed by atoms with Crippen LogP contribution in [0.1, 0.15) is 37.7 Å². The molecule has 0 aliphatic heterocycles. The van der Waals surface area contributed by atoms with Gasteiger partial charge < -0.3 is 15.7 Å². The molecular weight excluding hydrogens is 254 g/mol. The summed E-state index contributed by atoms with van der Waals surface area (Å²) in [6.45, 7) is 0.273. The van der Waals surface area contributed by atoms with Crippen LogP contribution < -0.4 is 10.6 Å². The van der Waals surface area contributed by atoms with Gasteiger partial charge in [-0.15, -0.1) is 0 Å². The van der Waals surface area contributed by atoms with Crippen molar-refractivity contribution in [2.45, 2.75) is 37.7 Å². The molecule has 0 atom stereocenters. The second-order valence-corrected chi connectivity index (χ2v) is 5.28. The molecule has 1 saturated carbocycles. The second kappa shape index (κ2) is 6.40. The SMILES string of the molecule is N#Cc1ccc(NC(=O)NCC2(O)CCCCC2)cc1. The molecule has 1 aliphatic rings. The molecule has 106 valence electrons. The number of hydrogen-bond donors (Lipinski definition) is 3. The molecule has 0 saturated heterocycles. The summed E-state index contributed by atoms with van der Waals surface area (Å²) in [4.78, 5) is 11.8. The van der Waals surface area contributed by atoms with E-state index in [0.717, 1.165) is 32.1 Å². The third-order valence-corrected chi connectivity index (χ3v) is 3.63. The summed E-state index contributed by atoms with van der Waals surface area (Å²) in [7, 11) is 0. The predicted molar refractivity (Wildman–Crippen MR) is 76.2 cm³/mol. The maximum atomic E-state index is 11.8. The van der Waals surface area contributed by atoms with Crippen molar-refractivity contribution in [1.82, 2.24) is 5.32 Å². The summed E-state index contributed by atoms with van der Waals surface area (Å²) in [6.07, 6.45) is 4.65. The molecule has 0 heterocycles. The van der Waals surface area contributed by atoms with Crippen LogP contribution in [0.5, 0.6) is 0 Å². The van der Waals surface area contributed by atoms with Gasteiger partial charge in [-0.25, -0.2) is 4.79 Å². The minimum absolute atomic E-state index is 0.273. The van der Waals surface area contributed by atoms with Gasteiger partial charge in [0.05, 0.1) is 17.2 Å². The van der Waals surface area contributed by atoms with E-state index in [-0.39, 0.29) is 12.6 Å². The Hall–Kier alpha value is -2.06. The summed E-state index contributed by atoms with van der Waals surface area (Å²) >= 11 is 0. The predicted octanol–water partition coefficient (Wildman–Crippen LogP) is 2.37.